The SMILES string of the molecule is CC1CCOC1C(=O)NCC(N)=S. The number of carbonyl (C=O) groups is 1. The Labute approximate surface area is 82.8 Å². The molecule has 0 radical (unpaired) electrons. The van der Waals surface area contributed by atoms with Crippen molar-refractivity contribution in [3.05, 3.63) is 0 Å². The number of ether oxygens (including phenoxy) is 1. The van der Waals surface area contributed by atoms with Crippen molar-refractivity contribution in [3.63, 3.8) is 0 Å². The molecule has 2 atom stereocenters. The first-order valence-electron chi connectivity index (χ1n) is 4.29. The van der Waals surface area contributed by atoms with Crippen LogP contribution >= 0.6 is 12.2 Å². The van der Waals surface area contributed by atoms with Gasteiger partial charge in [-0.25, -0.2) is 0 Å². The second-order valence-corrected chi connectivity index (χ2v) is 3.77. The molecule has 4 nitrogen and oxygen atoms in total. The number of amides is 1. The minimum absolute atomic E-state index is 0.113. The highest BCUT2D eigenvalue weighted by Crippen LogP contribution is 2.19. The Morgan fingerprint density at radius 2 is 2.46 bits per heavy atom. The van der Waals surface area contributed by atoms with Crippen molar-refractivity contribution in [2.24, 2.45) is 11.7 Å². The van der Waals surface area contributed by atoms with Crippen LogP contribution in [0.15, 0.2) is 0 Å². The van der Waals surface area contributed by atoms with Crippen molar-refractivity contribution in [3.8, 4) is 0 Å². The molecule has 1 heterocycles. The second-order valence-electron chi connectivity index (χ2n) is 3.24. The van der Waals surface area contributed by atoms with Crippen molar-refractivity contribution >= 4 is 23.1 Å². The fourth-order valence-corrected chi connectivity index (χ4v) is 1.38. The number of thiocarbonyl (C=S) groups is 1. The fourth-order valence-electron chi connectivity index (χ4n) is 1.31. The zero-order chi connectivity index (χ0) is 9.84. The van der Waals surface area contributed by atoms with E-state index in [9.17, 15) is 4.79 Å². The molecule has 1 fully saturated rings. The van der Waals surface area contributed by atoms with E-state index in [0.29, 0.717) is 11.6 Å². The summed E-state index contributed by atoms with van der Waals surface area (Å²) >= 11 is 4.64. The average Bonchev–Trinajstić information content (AvgIpc) is 2.47. The highest BCUT2D eigenvalue weighted by atomic mass is 32.1. The maximum atomic E-state index is 11.4. The van der Waals surface area contributed by atoms with Crippen LogP contribution in [0.3, 0.4) is 0 Å². The molecule has 0 aliphatic carbocycles. The molecule has 1 saturated heterocycles. The van der Waals surface area contributed by atoms with Gasteiger partial charge in [-0.2, -0.15) is 0 Å². The van der Waals surface area contributed by atoms with Crippen LogP contribution in [0.2, 0.25) is 0 Å². The predicted octanol–water partition coefficient (Wildman–Crippen LogP) is -0.186. The Morgan fingerprint density at radius 3 is 2.92 bits per heavy atom. The van der Waals surface area contributed by atoms with Gasteiger partial charge in [-0.1, -0.05) is 19.1 Å². The summed E-state index contributed by atoms with van der Waals surface area (Å²) in [6.07, 6.45) is 0.611. The molecule has 5 heteroatoms. The van der Waals surface area contributed by atoms with E-state index >= 15 is 0 Å². The average molecular weight is 202 g/mol. The smallest absolute Gasteiger partial charge is 0.249 e. The van der Waals surface area contributed by atoms with Gasteiger partial charge in [0.25, 0.3) is 0 Å². The number of nitrogens with two attached hydrogens (primary N) is 1. The number of carbonyl (C=O) groups excluding carboxylic acids is 1. The van der Waals surface area contributed by atoms with E-state index in [1.165, 1.54) is 0 Å². The third-order valence-corrected chi connectivity index (χ3v) is 2.23. The lowest BCUT2D eigenvalue weighted by molar-refractivity contribution is -0.131. The minimum Gasteiger partial charge on any atom is -0.392 e. The summed E-state index contributed by atoms with van der Waals surface area (Å²) in [4.78, 5) is 11.7. The molecule has 0 aromatic carbocycles. The van der Waals surface area contributed by atoms with Gasteiger partial charge in [0.05, 0.1) is 11.5 Å². The molecule has 0 saturated carbocycles. The summed E-state index contributed by atoms with van der Waals surface area (Å²) in [5.41, 5.74) is 5.25. The molecule has 1 aliphatic heterocycles. The molecule has 0 aromatic rings. The Kier molecular flexibility index (Phi) is 3.62. The van der Waals surface area contributed by atoms with E-state index in [2.05, 4.69) is 17.5 Å². The van der Waals surface area contributed by atoms with E-state index < -0.39 is 0 Å². The highest BCUT2D eigenvalue weighted by molar-refractivity contribution is 7.80. The van der Waals surface area contributed by atoms with Gasteiger partial charge in [0.1, 0.15) is 6.10 Å². The van der Waals surface area contributed by atoms with Crippen LogP contribution in [-0.2, 0) is 9.53 Å². The van der Waals surface area contributed by atoms with Crippen LogP contribution in [0, 0.1) is 5.92 Å². The summed E-state index contributed by atoms with van der Waals surface area (Å²) in [7, 11) is 0. The third-order valence-electron chi connectivity index (χ3n) is 2.08. The Morgan fingerprint density at radius 1 is 1.77 bits per heavy atom. The first-order valence-corrected chi connectivity index (χ1v) is 4.69. The van der Waals surface area contributed by atoms with Gasteiger partial charge < -0.3 is 15.8 Å². The van der Waals surface area contributed by atoms with Crippen molar-refractivity contribution in [1.29, 1.82) is 0 Å². The van der Waals surface area contributed by atoms with Crippen molar-refractivity contribution in [2.75, 3.05) is 13.2 Å². The first-order chi connectivity index (χ1) is 6.11. The van der Waals surface area contributed by atoms with E-state index in [0.717, 1.165) is 6.42 Å². The monoisotopic (exact) mass is 202 g/mol. The maximum absolute atomic E-state index is 11.4. The van der Waals surface area contributed by atoms with Gasteiger partial charge in [-0.05, 0) is 12.3 Å². The number of hydrogen-bond acceptors (Lipinski definition) is 3. The van der Waals surface area contributed by atoms with Crippen LogP contribution in [0.1, 0.15) is 13.3 Å². The van der Waals surface area contributed by atoms with Crippen LogP contribution in [0.4, 0.5) is 0 Å². The number of hydrogen-bond donors (Lipinski definition) is 2. The Balaban J connectivity index is 2.34. The van der Waals surface area contributed by atoms with Crippen molar-refractivity contribution in [1.82, 2.24) is 5.32 Å². The lowest BCUT2D eigenvalue weighted by Crippen LogP contribution is -2.40. The van der Waals surface area contributed by atoms with E-state index in [-0.39, 0.29) is 24.5 Å². The summed E-state index contributed by atoms with van der Waals surface area (Å²) in [5, 5.41) is 2.62. The molecule has 0 spiro atoms. The largest absolute Gasteiger partial charge is 0.392 e. The standard InChI is InChI=1S/C8H14N2O2S/c1-5-2-3-12-7(5)8(11)10-4-6(9)13/h5,7H,2-4H2,1H3,(H2,9,13)(H,10,11). The molecule has 0 bridgehead atoms. The molecule has 3 N–H and O–H groups in total. The van der Waals surface area contributed by atoms with Crippen LogP contribution in [0.5, 0.6) is 0 Å². The number of rotatable bonds is 3. The minimum atomic E-state index is -0.325. The van der Waals surface area contributed by atoms with Gasteiger partial charge in [-0.3, -0.25) is 4.79 Å². The van der Waals surface area contributed by atoms with E-state index in [1.54, 1.807) is 0 Å². The van der Waals surface area contributed by atoms with Crippen LogP contribution < -0.4 is 11.1 Å². The summed E-state index contributed by atoms with van der Waals surface area (Å²) in [6, 6.07) is 0. The second kappa shape index (κ2) is 4.53. The predicted molar refractivity (Wildman–Crippen MR) is 53.3 cm³/mol. The first kappa shape index (κ1) is 10.4. The topological polar surface area (TPSA) is 64.3 Å². The molecular weight excluding hydrogens is 188 g/mol. The van der Waals surface area contributed by atoms with Crippen molar-refractivity contribution in [2.45, 2.75) is 19.4 Å². The zero-order valence-corrected chi connectivity index (χ0v) is 8.39. The summed E-state index contributed by atoms with van der Waals surface area (Å²) in [5.74, 6) is 0.171. The van der Waals surface area contributed by atoms with Crippen molar-refractivity contribution < 1.29 is 9.53 Å². The molecule has 74 valence electrons. The van der Waals surface area contributed by atoms with Gasteiger partial charge in [0, 0.05) is 6.61 Å². The summed E-state index contributed by atoms with van der Waals surface area (Å²) < 4.78 is 5.26. The molecule has 2 unspecified atom stereocenters. The van der Waals surface area contributed by atoms with Crippen LogP contribution in [-0.4, -0.2) is 30.2 Å². The Bertz CT molecular complexity index is 220. The maximum Gasteiger partial charge on any atom is 0.249 e. The molecular formula is C8H14N2O2S. The lowest BCUT2D eigenvalue weighted by atomic mass is 10.0. The molecule has 13 heavy (non-hydrogen) atoms. The Hall–Kier alpha value is -0.680. The number of nitrogens with one attached hydrogen (secondary N) is 1. The highest BCUT2D eigenvalue weighted by Gasteiger charge is 2.30. The fraction of sp³-hybridized carbons (Fsp3) is 0.750. The van der Waals surface area contributed by atoms with Gasteiger partial charge in [0.15, 0.2) is 0 Å². The summed E-state index contributed by atoms with van der Waals surface area (Å²) in [6.45, 7) is 2.91. The van der Waals surface area contributed by atoms with E-state index in [4.69, 9.17) is 10.5 Å². The van der Waals surface area contributed by atoms with Crippen LogP contribution in [0.25, 0.3) is 0 Å². The molecule has 1 rings (SSSR count). The van der Waals surface area contributed by atoms with Gasteiger partial charge in [0.2, 0.25) is 5.91 Å². The van der Waals surface area contributed by atoms with Gasteiger partial charge >= 0.3 is 0 Å². The molecule has 0 aromatic heterocycles. The quantitative estimate of drug-likeness (QED) is 0.623. The van der Waals surface area contributed by atoms with Gasteiger partial charge in [-0.15, -0.1) is 0 Å². The third kappa shape index (κ3) is 2.93. The molecule has 1 amide bonds. The normalized spacial score (nSPS) is 27.2. The zero-order valence-electron chi connectivity index (χ0n) is 7.58. The lowest BCUT2D eigenvalue weighted by Gasteiger charge is -2.13. The van der Waals surface area contributed by atoms with E-state index in [1.807, 2.05) is 6.92 Å². The molecule has 1 aliphatic rings.